The molecule has 7 heteroatoms. The summed E-state index contributed by atoms with van der Waals surface area (Å²) in [7, 11) is 0. The fraction of sp³-hybridized carbons (Fsp3) is 0.167. The van der Waals surface area contributed by atoms with Gasteiger partial charge in [-0.15, -0.1) is 0 Å². The fourth-order valence-corrected chi connectivity index (χ4v) is 3.45. The van der Waals surface area contributed by atoms with Gasteiger partial charge in [-0.2, -0.15) is 0 Å². The van der Waals surface area contributed by atoms with Gasteiger partial charge in [-0.25, -0.2) is 4.98 Å². The Morgan fingerprint density at radius 2 is 2.20 bits per heavy atom. The predicted molar refractivity (Wildman–Crippen MR) is 105 cm³/mol. The molecule has 0 fully saturated rings. The summed E-state index contributed by atoms with van der Waals surface area (Å²) in [5, 5.41) is 10.2. The Kier molecular flexibility index (Phi) is 5.55. The van der Waals surface area contributed by atoms with Gasteiger partial charge in [-0.1, -0.05) is 39.8 Å². The summed E-state index contributed by atoms with van der Waals surface area (Å²) in [5.41, 5.74) is 2.40. The molecule has 0 aliphatic carbocycles. The number of aromatic nitrogens is 2. The third kappa shape index (κ3) is 4.49. The summed E-state index contributed by atoms with van der Waals surface area (Å²) in [5.74, 6) is 0.125. The molecule has 2 N–H and O–H groups in total. The van der Waals surface area contributed by atoms with E-state index in [1.165, 1.54) is 18.0 Å². The second kappa shape index (κ2) is 7.84. The summed E-state index contributed by atoms with van der Waals surface area (Å²) in [6.45, 7) is 1.90. The first kappa shape index (κ1) is 17.7. The lowest BCUT2D eigenvalue weighted by molar-refractivity contribution is -0.116. The van der Waals surface area contributed by atoms with Crippen molar-refractivity contribution in [3.8, 4) is 5.75 Å². The number of Topliss-reactive ketones (excluding diaryl/α,β-unsaturated/α-hetero) is 1. The number of aromatic hydroxyl groups is 1. The predicted octanol–water partition coefficient (Wildman–Crippen LogP) is 4.20. The molecular formula is C18H16BrN3O2S. The Hall–Kier alpha value is -2.12. The summed E-state index contributed by atoms with van der Waals surface area (Å²) in [6.07, 6.45) is 1.51. The first-order valence-electron chi connectivity index (χ1n) is 7.65. The van der Waals surface area contributed by atoms with Crippen molar-refractivity contribution in [1.29, 1.82) is 0 Å². The molecule has 0 radical (unpaired) electrons. The number of imidazole rings is 1. The van der Waals surface area contributed by atoms with E-state index >= 15 is 0 Å². The molecule has 3 rings (SSSR count). The maximum Gasteiger partial charge on any atom is 0.167 e. The zero-order valence-corrected chi connectivity index (χ0v) is 15.8. The number of halogens is 1. The van der Waals surface area contributed by atoms with Gasteiger partial charge in [-0.05, 0) is 37.3 Å². The second-order valence-corrected chi connectivity index (χ2v) is 7.70. The van der Waals surface area contributed by atoms with E-state index in [-0.39, 0.29) is 23.3 Å². The molecule has 25 heavy (non-hydrogen) atoms. The van der Waals surface area contributed by atoms with Gasteiger partial charge >= 0.3 is 0 Å². The number of nitrogens with zero attached hydrogens (tertiary/aromatic N) is 2. The number of hydrogen-bond donors (Lipinski definition) is 2. The minimum Gasteiger partial charge on any atom is -0.507 e. The first-order valence-corrected chi connectivity index (χ1v) is 9.32. The van der Waals surface area contributed by atoms with Gasteiger partial charge < -0.3 is 10.1 Å². The van der Waals surface area contributed by atoms with E-state index in [0.29, 0.717) is 5.56 Å². The number of phenols is 1. The van der Waals surface area contributed by atoms with Crippen LogP contribution in [0.1, 0.15) is 12.5 Å². The molecule has 1 unspecified atom stereocenters. The van der Waals surface area contributed by atoms with Crippen LogP contribution in [0, 0.1) is 0 Å². The van der Waals surface area contributed by atoms with E-state index in [9.17, 15) is 9.90 Å². The molecule has 3 aromatic rings. The van der Waals surface area contributed by atoms with Crippen LogP contribution in [0.25, 0.3) is 11.0 Å². The number of thioether (sulfide) groups is 1. The number of rotatable bonds is 6. The Bertz CT molecular complexity index is 906. The van der Waals surface area contributed by atoms with E-state index in [2.05, 4.69) is 30.9 Å². The SMILES string of the molecule is CC(Sc1nc2ccccc2[nH]1)C(=O)CN=Cc1cc(Br)ccc1O. The van der Waals surface area contributed by atoms with Crippen molar-refractivity contribution in [3.05, 3.63) is 52.5 Å². The molecule has 1 heterocycles. The Labute approximate surface area is 157 Å². The average molecular weight is 418 g/mol. The summed E-state index contributed by atoms with van der Waals surface area (Å²) in [4.78, 5) is 24.1. The van der Waals surface area contributed by atoms with E-state index < -0.39 is 0 Å². The zero-order chi connectivity index (χ0) is 17.8. The van der Waals surface area contributed by atoms with Crippen LogP contribution in [0.15, 0.2) is 57.1 Å². The van der Waals surface area contributed by atoms with Gasteiger partial charge in [0.1, 0.15) is 5.75 Å². The minimum atomic E-state index is -0.270. The first-order chi connectivity index (χ1) is 12.0. The number of carbonyl (C=O) groups excluding carboxylic acids is 1. The van der Waals surface area contributed by atoms with Crippen molar-refractivity contribution in [2.75, 3.05) is 6.54 Å². The van der Waals surface area contributed by atoms with Gasteiger partial charge in [0.2, 0.25) is 0 Å². The monoisotopic (exact) mass is 417 g/mol. The number of ketones is 1. The Morgan fingerprint density at radius 3 is 3.00 bits per heavy atom. The highest BCUT2D eigenvalue weighted by Crippen LogP contribution is 2.24. The largest absolute Gasteiger partial charge is 0.507 e. The molecule has 0 spiro atoms. The van der Waals surface area contributed by atoms with E-state index in [4.69, 9.17) is 0 Å². The fourth-order valence-electron chi connectivity index (χ4n) is 2.21. The highest BCUT2D eigenvalue weighted by atomic mass is 79.9. The lowest BCUT2D eigenvalue weighted by Crippen LogP contribution is -2.16. The molecule has 5 nitrogen and oxygen atoms in total. The van der Waals surface area contributed by atoms with E-state index in [0.717, 1.165) is 20.7 Å². The number of H-pyrrole nitrogens is 1. The van der Waals surface area contributed by atoms with Crippen LogP contribution >= 0.6 is 27.7 Å². The molecule has 0 bridgehead atoms. The quantitative estimate of drug-likeness (QED) is 0.465. The smallest absolute Gasteiger partial charge is 0.167 e. The molecule has 1 aromatic heterocycles. The number of phenolic OH excluding ortho intramolecular Hbond substituents is 1. The van der Waals surface area contributed by atoms with Crippen LogP contribution in [0.4, 0.5) is 0 Å². The molecule has 0 saturated carbocycles. The lowest BCUT2D eigenvalue weighted by atomic mass is 10.2. The molecule has 128 valence electrons. The number of hydrogen-bond acceptors (Lipinski definition) is 5. The summed E-state index contributed by atoms with van der Waals surface area (Å²) in [6, 6.07) is 12.8. The number of fused-ring (bicyclic) bond motifs is 1. The zero-order valence-electron chi connectivity index (χ0n) is 13.4. The normalized spacial score (nSPS) is 12.7. The van der Waals surface area contributed by atoms with Crippen LogP contribution in [-0.4, -0.2) is 38.9 Å². The van der Waals surface area contributed by atoms with Gasteiger partial charge in [-0.3, -0.25) is 9.79 Å². The van der Waals surface area contributed by atoms with Crippen LogP contribution in [-0.2, 0) is 4.79 Å². The van der Waals surface area contributed by atoms with E-state index in [1.807, 2.05) is 31.2 Å². The molecule has 1 atom stereocenters. The van der Waals surface area contributed by atoms with Gasteiger partial charge in [0.15, 0.2) is 10.9 Å². The van der Waals surface area contributed by atoms with Crippen LogP contribution in [0.2, 0.25) is 0 Å². The van der Waals surface area contributed by atoms with Crippen LogP contribution < -0.4 is 0 Å². The summed E-state index contributed by atoms with van der Waals surface area (Å²) < 4.78 is 0.840. The molecule has 0 aliphatic rings. The molecule has 2 aromatic carbocycles. The van der Waals surface area contributed by atoms with Crippen LogP contribution in [0.3, 0.4) is 0 Å². The van der Waals surface area contributed by atoms with E-state index in [1.54, 1.807) is 18.2 Å². The van der Waals surface area contributed by atoms with Crippen molar-refractivity contribution in [2.24, 2.45) is 4.99 Å². The highest BCUT2D eigenvalue weighted by Gasteiger charge is 2.16. The average Bonchev–Trinajstić information content (AvgIpc) is 3.00. The number of aliphatic imine (C=N–C) groups is 1. The molecule has 0 saturated heterocycles. The topological polar surface area (TPSA) is 78.3 Å². The van der Waals surface area contributed by atoms with Crippen molar-refractivity contribution in [2.45, 2.75) is 17.3 Å². The van der Waals surface area contributed by atoms with Crippen molar-refractivity contribution < 1.29 is 9.90 Å². The maximum absolute atomic E-state index is 12.3. The molecular weight excluding hydrogens is 402 g/mol. The number of carbonyl (C=O) groups is 1. The highest BCUT2D eigenvalue weighted by molar-refractivity contribution is 9.10. The van der Waals surface area contributed by atoms with Gasteiger partial charge in [0.25, 0.3) is 0 Å². The lowest BCUT2D eigenvalue weighted by Gasteiger charge is -2.06. The summed E-state index contributed by atoms with van der Waals surface area (Å²) >= 11 is 4.72. The number of para-hydroxylation sites is 2. The second-order valence-electron chi connectivity index (χ2n) is 5.46. The minimum absolute atomic E-state index is 0.00353. The van der Waals surface area contributed by atoms with Crippen molar-refractivity contribution in [1.82, 2.24) is 9.97 Å². The Morgan fingerprint density at radius 1 is 1.40 bits per heavy atom. The molecule has 0 aliphatic heterocycles. The maximum atomic E-state index is 12.3. The van der Waals surface area contributed by atoms with Crippen LogP contribution in [0.5, 0.6) is 5.75 Å². The third-order valence-electron chi connectivity index (χ3n) is 3.58. The Balaban J connectivity index is 1.60. The number of nitrogens with one attached hydrogen (secondary N) is 1. The van der Waals surface area contributed by atoms with Gasteiger partial charge in [0, 0.05) is 16.3 Å². The standard InChI is InChI=1S/C18H16BrN3O2S/c1-11(25-18-21-14-4-2-3-5-15(14)22-18)17(24)10-20-9-12-8-13(19)6-7-16(12)23/h2-9,11,23H,10H2,1H3,(H,21,22). The third-order valence-corrected chi connectivity index (χ3v) is 5.10. The molecule has 0 amide bonds. The van der Waals surface area contributed by atoms with Gasteiger partial charge in [0.05, 0.1) is 22.8 Å². The number of benzene rings is 2. The number of aromatic amines is 1. The van der Waals surface area contributed by atoms with Crippen molar-refractivity contribution in [3.63, 3.8) is 0 Å². The van der Waals surface area contributed by atoms with Crippen molar-refractivity contribution >= 4 is 50.7 Å².